The first kappa shape index (κ1) is 11.4. The van der Waals surface area contributed by atoms with Gasteiger partial charge in [-0.25, -0.2) is 0 Å². The summed E-state index contributed by atoms with van der Waals surface area (Å²) in [5.74, 6) is -0.278. The topological polar surface area (TPSA) is 48.3 Å². The van der Waals surface area contributed by atoms with Crippen LogP contribution in [0.1, 0.15) is 16.9 Å². The van der Waals surface area contributed by atoms with E-state index in [0.717, 1.165) is 17.2 Å². The summed E-state index contributed by atoms with van der Waals surface area (Å²) in [4.78, 5) is 22.1. The number of esters is 1. The normalized spacial score (nSPS) is 10.4. The molecule has 88 valence electrons. The van der Waals surface area contributed by atoms with E-state index in [4.69, 9.17) is 0 Å². The molecule has 4 nitrogen and oxygen atoms in total. The number of aldehydes is 1. The summed E-state index contributed by atoms with van der Waals surface area (Å²) in [6.45, 7) is 0.453. The Morgan fingerprint density at radius 2 is 2.18 bits per heavy atom. The molecule has 0 atom stereocenters. The molecule has 2 rings (SSSR count). The minimum atomic E-state index is -0.278. The van der Waals surface area contributed by atoms with Gasteiger partial charge >= 0.3 is 5.97 Å². The number of carbonyl (C=O) groups is 2. The van der Waals surface area contributed by atoms with Gasteiger partial charge in [0.1, 0.15) is 0 Å². The van der Waals surface area contributed by atoms with Gasteiger partial charge in [0.15, 0.2) is 6.29 Å². The second kappa shape index (κ2) is 4.82. The lowest BCUT2D eigenvalue weighted by Gasteiger charge is -2.06. The van der Waals surface area contributed by atoms with E-state index in [0.29, 0.717) is 12.2 Å². The van der Waals surface area contributed by atoms with Gasteiger partial charge in [-0.05, 0) is 12.1 Å². The number of methoxy groups -OCH3 is 1. The molecular weight excluding hydrogens is 218 g/mol. The van der Waals surface area contributed by atoms with Crippen LogP contribution < -0.4 is 0 Å². The highest BCUT2D eigenvalue weighted by atomic mass is 16.5. The van der Waals surface area contributed by atoms with Crippen LogP contribution in [-0.2, 0) is 16.1 Å². The number of fused-ring (bicyclic) bond motifs is 1. The number of aromatic nitrogens is 1. The average Bonchev–Trinajstić information content (AvgIpc) is 2.73. The molecule has 17 heavy (non-hydrogen) atoms. The summed E-state index contributed by atoms with van der Waals surface area (Å²) >= 11 is 0. The van der Waals surface area contributed by atoms with Gasteiger partial charge < -0.3 is 9.30 Å². The maximum absolute atomic E-state index is 11.1. The smallest absolute Gasteiger partial charge is 0.307 e. The van der Waals surface area contributed by atoms with Gasteiger partial charge in [-0.3, -0.25) is 9.59 Å². The van der Waals surface area contributed by atoms with Crippen molar-refractivity contribution in [2.45, 2.75) is 13.0 Å². The Kier molecular flexibility index (Phi) is 3.23. The van der Waals surface area contributed by atoms with Crippen molar-refractivity contribution in [1.29, 1.82) is 0 Å². The Balaban J connectivity index is 2.36. The molecule has 0 saturated heterocycles. The van der Waals surface area contributed by atoms with Crippen molar-refractivity contribution in [3.05, 3.63) is 36.0 Å². The van der Waals surface area contributed by atoms with Crippen molar-refractivity contribution < 1.29 is 14.3 Å². The highest BCUT2D eigenvalue weighted by molar-refractivity contribution is 5.89. The Labute approximate surface area is 98.8 Å². The number of benzene rings is 1. The van der Waals surface area contributed by atoms with Gasteiger partial charge in [-0.1, -0.05) is 18.2 Å². The van der Waals surface area contributed by atoms with Gasteiger partial charge in [-0.15, -0.1) is 0 Å². The van der Waals surface area contributed by atoms with Gasteiger partial charge in [-0.2, -0.15) is 0 Å². The van der Waals surface area contributed by atoms with Gasteiger partial charge in [0.2, 0.25) is 0 Å². The van der Waals surface area contributed by atoms with Crippen LogP contribution in [0.15, 0.2) is 30.3 Å². The van der Waals surface area contributed by atoms with E-state index in [-0.39, 0.29) is 12.4 Å². The van der Waals surface area contributed by atoms with Gasteiger partial charge in [0, 0.05) is 17.4 Å². The molecule has 0 aliphatic carbocycles. The molecule has 0 amide bonds. The van der Waals surface area contributed by atoms with Crippen LogP contribution in [0.4, 0.5) is 0 Å². The Hall–Kier alpha value is -2.10. The van der Waals surface area contributed by atoms with E-state index in [1.165, 1.54) is 7.11 Å². The van der Waals surface area contributed by atoms with E-state index < -0.39 is 0 Å². The summed E-state index contributed by atoms with van der Waals surface area (Å²) in [5.41, 5.74) is 1.54. The summed E-state index contributed by atoms with van der Waals surface area (Å²) in [5, 5.41) is 1.000. The van der Waals surface area contributed by atoms with Crippen LogP contribution in [0.3, 0.4) is 0 Å². The molecule has 0 aliphatic rings. The second-order valence-electron chi connectivity index (χ2n) is 3.72. The van der Waals surface area contributed by atoms with Crippen molar-refractivity contribution >= 4 is 23.2 Å². The number of hydrogen-bond donors (Lipinski definition) is 0. The third-order valence-corrected chi connectivity index (χ3v) is 2.73. The third-order valence-electron chi connectivity index (χ3n) is 2.73. The Bertz CT molecular complexity index is 557. The van der Waals surface area contributed by atoms with E-state index in [1.807, 2.05) is 34.9 Å². The molecule has 0 fully saturated rings. The van der Waals surface area contributed by atoms with Crippen LogP contribution in [0.25, 0.3) is 10.9 Å². The first-order valence-corrected chi connectivity index (χ1v) is 5.36. The SMILES string of the molecule is COC(=O)CCn1c(C=O)cc2ccccc21. The van der Waals surface area contributed by atoms with Gasteiger partial charge in [0.25, 0.3) is 0 Å². The van der Waals surface area contributed by atoms with E-state index in [1.54, 1.807) is 0 Å². The molecule has 0 N–H and O–H groups in total. The molecule has 0 unspecified atom stereocenters. The third kappa shape index (κ3) is 2.20. The second-order valence-corrected chi connectivity index (χ2v) is 3.72. The van der Waals surface area contributed by atoms with Crippen LogP contribution in [0.2, 0.25) is 0 Å². The lowest BCUT2D eigenvalue weighted by molar-refractivity contribution is -0.140. The Morgan fingerprint density at radius 3 is 2.88 bits per heavy atom. The molecule has 1 heterocycles. The largest absolute Gasteiger partial charge is 0.469 e. The summed E-state index contributed by atoms with van der Waals surface area (Å²) in [7, 11) is 1.36. The van der Waals surface area contributed by atoms with Crippen molar-refractivity contribution in [1.82, 2.24) is 4.57 Å². The van der Waals surface area contributed by atoms with Crippen molar-refractivity contribution in [2.75, 3.05) is 7.11 Å². The molecule has 1 aromatic heterocycles. The van der Waals surface area contributed by atoms with Crippen molar-refractivity contribution in [2.24, 2.45) is 0 Å². The number of ether oxygens (including phenoxy) is 1. The molecule has 1 aromatic carbocycles. The number of nitrogens with zero attached hydrogens (tertiary/aromatic N) is 1. The van der Waals surface area contributed by atoms with Crippen LogP contribution in [-0.4, -0.2) is 23.9 Å². The van der Waals surface area contributed by atoms with Crippen molar-refractivity contribution in [3.63, 3.8) is 0 Å². The fourth-order valence-corrected chi connectivity index (χ4v) is 1.88. The summed E-state index contributed by atoms with van der Waals surface area (Å²) in [6.07, 6.45) is 1.06. The predicted octanol–water partition coefficient (Wildman–Crippen LogP) is 2.02. The zero-order valence-corrected chi connectivity index (χ0v) is 9.55. The molecule has 4 heteroatoms. The molecule has 0 saturated carbocycles. The molecule has 0 spiro atoms. The quantitative estimate of drug-likeness (QED) is 0.597. The number of aryl methyl sites for hydroxylation is 1. The molecule has 2 aromatic rings. The monoisotopic (exact) mass is 231 g/mol. The van der Waals surface area contributed by atoms with Crippen LogP contribution in [0, 0.1) is 0 Å². The molecule has 0 bridgehead atoms. The standard InChI is InChI=1S/C13H13NO3/c1-17-13(16)6-7-14-11(9-15)8-10-4-2-3-5-12(10)14/h2-5,8-9H,6-7H2,1H3. The zero-order valence-electron chi connectivity index (χ0n) is 9.55. The predicted molar refractivity (Wildman–Crippen MR) is 64.0 cm³/mol. The molecule has 0 aliphatic heterocycles. The fourth-order valence-electron chi connectivity index (χ4n) is 1.88. The summed E-state index contributed by atoms with van der Waals surface area (Å²) < 4.78 is 6.43. The zero-order chi connectivity index (χ0) is 12.3. The minimum absolute atomic E-state index is 0.260. The average molecular weight is 231 g/mol. The minimum Gasteiger partial charge on any atom is -0.469 e. The molecular formula is C13H13NO3. The van der Waals surface area contributed by atoms with Crippen LogP contribution in [0.5, 0.6) is 0 Å². The van der Waals surface area contributed by atoms with Crippen molar-refractivity contribution in [3.8, 4) is 0 Å². The lowest BCUT2D eigenvalue weighted by atomic mass is 10.2. The van der Waals surface area contributed by atoms with E-state index in [9.17, 15) is 9.59 Å². The van der Waals surface area contributed by atoms with Crippen LogP contribution >= 0.6 is 0 Å². The van der Waals surface area contributed by atoms with E-state index in [2.05, 4.69) is 4.74 Å². The fraction of sp³-hybridized carbons (Fsp3) is 0.231. The van der Waals surface area contributed by atoms with Gasteiger partial charge in [0.05, 0.1) is 19.2 Å². The number of carbonyl (C=O) groups excluding carboxylic acids is 2. The number of para-hydroxylation sites is 1. The summed E-state index contributed by atoms with van der Waals surface area (Å²) in [6, 6.07) is 9.52. The highest BCUT2D eigenvalue weighted by Gasteiger charge is 2.09. The first-order chi connectivity index (χ1) is 8.26. The highest BCUT2D eigenvalue weighted by Crippen LogP contribution is 2.19. The maximum Gasteiger partial charge on any atom is 0.307 e. The number of hydrogen-bond acceptors (Lipinski definition) is 3. The first-order valence-electron chi connectivity index (χ1n) is 5.36. The molecule has 0 radical (unpaired) electrons. The Morgan fingerprint density at radius 1 is 1.41 bits per heavy atom. The number of rotatable bonds is 4. The van der Waals surface area contributed by atoms with E-state index >= 15 is 0 Å². The lowest BCUT2D eigenvalue weighted by Crippen LogP contribution is -2.08. The maximum atomic E-state index is 11.1.